The summed E-state index contributed by atoms with van der Waals surface area (Å²) in [5.74, 6) is 0.875. The van der Waals surface area contributed by atoms with E-state index in [1.807, 2.05) is 37.9 Å². The first-order chi connectivity index (χ1) is 12.7. The van der Waals surface area contributed by atoms with Crippen molar-refractivity contribution in [3.63, 3.8) is 0 Å². The molecule has 130 valence electrons. The van der Waals surface area contributed by atoms with Gasteiger partial charge in [0.2, 0.25) is 0 Å². The zero-order chi connectivity index (χ0) is 17.9. The molecule has 4 aromatic heterocycles. The van der Waals surface area contributed by atoms with Gasteiger partial charge in [-0.15, -0.1) is 0 Å². The standard InChI is InChI=1S/C21H21N5/c1-14-7-19-18(13-26-21(19)25-10-14)9-17-11-23-20(24-12-17)4-3-16-5-6-22-15(2)8-16/h5-8,10-13H,3-4,9H2,1-2H3,(H,25,26). The average molecular weight is 343 g/mol. The molecule has 5 heteroatoms. The molecule has 1 N–H and O–H groups in total. The highest BCUT2D eigenvalue weighted by Gasteiger charge is 2.07. The highest BCUT2D eigenvalue weighted by atomic mass is 14.9. The number of nitrogens with one attached hydrogen (secondary N) is 1. The number of pyridine rings is 2. The topological polar surface area (TPSA) is 67.3 Å². The van der Waals surface area contributed by atoms with Crippen LogP contribution in [0.25, 0.3) is 11.0 Å². The smallest absolute Gasteiger partial charge is 0.137 e. The van der Waals surface area contributed by atoms with Gasteiger partial charge < -0.3 is 4.98 Å². The summed E-state index contributed by atoms with van der Waals surface area (Å²) in [4.78, 5) is 21.0. The fourth-order valence-electron chi connectivity index (χ4n) is 3.15. The molecule has 0 amide bonds. The van der Waals surface area contributed by atoms with Crippen LogP contribution in [0.15, 0.2) is 49.2 Å². The minimum atomic E-state index is 0.801. The summed E-state index contributed by atoms with van der Waals surface area (Å²) < 4.78 is 0. The number of aromatic amines is 1. The highest BCUT2D eigenvalue weighted by molar-refractivity contribution is 5.80. The first-order valence-corrected chi connectivity index (χ1v) is 8.81. The normalized spacial score (nSPS) is 11.2. The Morgan fingerprint density at radius 2 is 1.73 bits per heavy atom. The van der Waals surface area contributed by atoms with Crippen LogP contribution < -0.4 is 0 Å². The van der Waals surface area contributed by atoms with Crippen molar-refractivity contribution in [3.8, 4) is 0 Å². The molecule has 0 unspecified atom stereocenters. The van der Waals surface area contributed by atoms with Crippen LogP contribution >= 0.6 is 0 Å². The average Bonchev–Trinajstić information content (AvgIpc) is 3.03. The predicted molar refractivity (Wildman–Crippen MR) is 102 cm³/mol. The third-order valence-electron chi connectivity index (χ3n) is 4.51. The second kappa shape index (κ2) is 7.04. The van der Waals surface area contributed by atoms with Gasteiger partial charge in [-0.1, -0.05) is 0 Å². The highest BCUT2D eigenvalue weighted by Crippen LogP contribution is 2.20. The van der Waals surface area contributed by atoms with Crippen LogP contribution in [0.1, 0.15) is 33.8 Å². The number of hydrogen-bond acceptors (Lipinski definition) is 4. The van der Waals surface area contributed by atoms with Crippen molar-refractivity contribution >= 4 is 11.0 Å². The molecule has 0 bridgehead atoms. The van der Waals surface area contributed by atoms with E-state index in [1.165, 1.54) is 16.5 Å². The molecule has 0 aliphatic rings. The number of rotatable bonds is 5. The van der Waals surface area contributed by atoms with Gasteiger partial charge in [-0.2, -0.15) is 0 Å². The van der Waals surface area contributed by atoms with E-state index in [0.29, 0.717) is 0 Å². The van der Waals surface area contributed by atoms with E-state index in [0.717, 1.165) is 47.6 Å². The van der Waals surface area contributed by atoms with E-state index in [4.69, 9.17) is 0 Å². The first kappa shape index (κ1) is 16.4. The molecule has 26 heavy (non-hydrogen) atoms. The number of fused-ring (bicyclic) bond motifs is 1. The van der Waals surface area contributed by atoms with Crippen molar-refractivity contribution < 1.29 is 0 Å². The Balaban J connectivity index is 1.44. The van der Waals surface area contributed by atoms with Crippen LogP contribution in [0.4, 0.5) is 0 Å². The van der Waals surface area contributed by atoms with Crippen LogP contribution in [0.5, 0.6) is 0 Å². The van der Waals surface area contributed by atoms with E-state index in [2.05, 4.69) is 50.0 Å². The van der Waals surface area contributed by atoms with Gasteiger partial charge in [0.25, 0.3) is 0 Å². The van der Waals surface area contributed by atoms with Gasteiger partial charge in [0, 0.05) is 54.9 Å². The summed E-state index contributed by atoms with van der Waals surface area (Å²) in [5, 5.41) is 1.17. The van der Waals surface area contributed by atoms with Gasteiger partial charge in [0.15, 0.2) is 0 Å². The lowest BCUT2D eigenvalue weighted by Gasteiger charge is -2.04. The molecule has 0 aliphatic carbocycles. The van der Waals surface area contributed by atoms with Gasteiger partial charge in [-0.05, 0) is 60.7 Å². The molecule has 0 aromatic carbocycles. The zero-order valence-electron chi connectivity index (χ0n) is 15.0. The fraction of sp³-hybridized carbons (Fsp3) is 0.238. The second-order valence-corrected chi connectivity index (χ2v) is 6.71. The second-order valence-electron chi connectivity index (χ2n) is 6.71. The number of aryl methyl sites for hydroxylation is 4. The Morgan fingerprint density at radius 1 is 0.885 bits per heavy atom. The van der Waals surface area contributed by atoms with Gasteiger partial charge in [0.05, 0.1) is 0 Å². The molecule has 0 saturated heterocycles. The minimum Gasteiger partial charge on any atom is -0.346 e. The molecule has 4 heterocycles. The molecular weight excluding hydrogens is 322 g/mol. The van der Waals surface area contributed by atoms with Crippen molar-refractivity contribution in [3.05, 3.63) is 83.0 Å². The molecular formula is C21H21N5. The lowest BCUT2D eigenvalue weighted by Crippen LogP contribution is -2.00. The minimum absolute atomic E-state index is 0.801. The Bertz CT molecular complexity index is 1030. The monoisotopic (exact) mass is 343 g/mol. The summed E-state index contributed by atoms with van der Waals surface area (Å²) in [6.07, 6.45) is 12.2. The van der Waals surface area contributed by atoms with E-state index >= 15 is 0 Å². The number of aromatic nitrogens is 5. The first-order valence-electron chi connectivity index (χ1n) is 8.81. The maximum atomic E-state index is 4.54. The largest absolute Gasteiger partial charge is 0.346 e. The number of nitrogens with zero attached hydrogens (tertiary/aromatic N) is 4. The molecule has 5 nitrogen and oxygen atoms in total. The molecule has 4 rings (SSSR count). The molecule has 0 fully saturated rings. The third-order valence-corrected chi connectivity index (χ3v) is 4.51. The van der Waals surface area contributed by atoms with Crippen molar-refractivity contribution in [2.75, 3.05) is 0 Å². The van der Waals surface area contributed by atoms with E-state index in [1.54, 1.807) is 0 Å². The Labute approximate surface area is 152 Å². The molecule has 0 spiro atoms. The van der Waals surface area contributed by atoms with Gasteiger partial charge >= 0.3 is 0 Å². The Morgan fingerprint density at radius 3 is 2.54 bits per heavy atom. The lowest BCUT2D eigenvalue weighted by molar-refractivity contribution is 0.846. The van der Waals surface area contributed by atoms with Crippen molar-refractivity contribution in [1.82, 2.24) is 24.9 Å². The van der Waals surface area contributed by atoms with E-state index in [9.17, 15) is 0 Å². The summed E-state index contributed by atoms with van der Waals surface area (Å²) in [7, 11) is 0. The summed E-state index contributed by atoms with van der Waals surface area (Å²) in [5.41, 5.74) is 6.73. The molecule has 0 radical (unpaired) electrons. The van der Waals surface area contributed by atoms with Crippen LogP contribution in [-0.2, 0) is 19.3 Å². The van der Waals surface area contributed by atoms with Crippen molar-refractivity contribution in [1.29, 1.82) is 0 Å². The van der Waals surface area contributed by atoms with Gasteiger partial charge in [-0.25, -0.2) is 15.0 Å². The lowest BCUT2D eigenvalue weighted by atomic mass is 10.1. The molecule has 4 aromatic rings. The predicted octanol–water partition coefficient (Wildman–Crippen LogP) is 3.74. The SMILES string of the molecule is Cc1cnc2[nH]cc(Cc3cnc(CCc4ccnc(C)c4)nc3)c2c1. The van der Waals surface area contributed by atoms with Crippen LogP contribution in [0.3, 0.4) is 0 Å². The summed E-state index contributed by atoms with van der Waals surface area (Å²) in [6, 6.07) is 6.33. The van der Waals surface area contributed by atoms with Crippen LogP contribution in [0, 0.1) is 13.8 Å². The summed E-state index contributed by atoms with van der Waals surface area (Å²) in [6.45, 7) is 4.07. The molecule has 0 saturated carbocycles. The van der Waals surface area contributed by atoms with Crippen molar-refractivity contribution in [2.45, 2.75) is 33.1 Å². The molecule has 0 atom stereocenters. The maximum absolute atomic E-state index is 4.54. The number of H-pyrrole nitrogens is 1. The maximum Gasteiger partial charge on any atom is 0.137 e. The fourth-order valence-corrected chi connectivity index (χ4v) is 3.15. The molecule has 0 aliphatic heterocycles. The van der Waals surface area contributed by atoms with Gasteiger partial charge in [0.1, 0.15) is 11.5 Å². The Kier molecular flexibility index (Phi) is 4.44. The van der Waals surface area contributed by atoms with E-state index in [-0.39, 0.29) is 0 Å². The van der Waals surface area contributed by atoms with Crippen LogP contribution in [0.2, 0.25) is 0 Å². The number of hydrogen-bond donors (Lipinski definition) is 1. The third kappa shape index (κ3) is 3.61. The zero-order valence-corrected chi connectivity index (χ0v) is 15.0. The Hall–Kier alpha value is -3.08. The summed E-state index contributed by atoms with van der Waals surface area (Å²) >= 11 is 0. The van der Waals surface area contributed by atoms with Crippen LogP contribution in [-0.4, -0.2) is 24.9 Å². The van der Waals surface area contributed by atoms with Crippen molar-refractivity contribution in [2.24, 2.45) is 0 Å². The van der Waals surface area contributed by atoms with Gasteiger partial charge in [-0.3, -0.25) is 4.98 Å². The quantitative estimate of drug-likeness (QED) is 0.599. The van der Waals surface area contributed by atoms with E-state index < -0.39 is 0 Å².